The van der Waals surface area contributed by atoms with Crippen molar-refractivity contribution in [1.29, 1.82) is 0 Å². The Morgan fingerprint density at radius 1 is 1.24 bits per heavy atom. The van der Waals surface area contributed by atoms with Gasteiger partial charge in [0.1, 0.15) is 0 Å². The highest BCUT2D eigenvalue weighted by Crippen LogP contribution is 2.48. The molecule has 0 aromatic heterocycles. The number of nitrogens with zero attached hydrogens (tertiary/aromatic N) is 1. The quantitative estimate of drug-likeness (QED) is 0.817. The normalized spacial score (nSPS) is 25.1. The average molecular weight is 366 g/mol. The highest BCUT2D eigenvalue weighted by Gasteiger charge is 2.52. The predicted octanol–water partition coefficient (Wildman–Crippen LogP) is 1.05. The molecule has 1 saturated heterocycles. The molecule has 1 aromatic carbocycles. The minimum atomic E-state index is -3.33. The summed E-state index contributed by atoms with van der Waals surface area (Å²) in [7, 11) is -0.279. The van der Waals surface area contributed by atoms with Gasteiger partial charge in [0.05, 0.1) is 30.4 Å². The summed E-state index contributed by atoms with van der Waals surface area (Å²) in [6.07, 6.45) is 1.66. The molecule has 0 bridgehead atoms. The number of aryl methyl sites for hydroxylation is 1. The summed E-state index contributed by atoms with van der Waals surface area (Å²) < 4.78 is 31.0. The molecule has 1 amide bonds. The minimum Gasteiger partial charge on any atom is -0.379 e. The lowest BCUT2D eigenvalue weighted by molar-refractivity contribution is -0.124. The van der Waals surface area contributed by atoms with Crippen molar-refractivity contribution >= 4 is 15.9 Å². The smallest absolute Gasteiger partial charge is 0.230 e. The maximum Gasteiger partial charge on any atom is 0.230 e. The molecule has 138 valence electrons. The maximum absolute atomic E-state index is 12.9. The van der Waals surface area contributed by atoms with Crippen LogP contribution in [0, 0.1) is 12.8 Å². The van der Waals surface area contributed by atoms with Crippen LogP contribution in [0.2, 0.25) is 0 Å². The summed E-state index contributed by atoms with van der Waals surface area (Å²) in [6.45, 7) is 2.74. The van der Waals surface area contributed by atoms with Crippen LogP contribution in [0.4, 0.5) is 0 Å². The molecule has 0 spiro atoms. The van der Waals surface area contributed by atoms with Crippen LogP contribution >= 0.6 is 0 Å². The number of carbonyl (C=O) groups excluding carboxylic acids is 1. The van der Waals surface area contributed by atoms with Crippen LogP contribution in [0.25, 0.3) is 0 Å². The van der Waals surface area contributed by atoms with Crippen LogP contribution in [-0.2, 0) is 25.0 Å². The molecule has 1 aliphatic heterocycles. The molecule has 1 saturated carbocycles. The van der Waals surface area contributed by atoms with Crippen molar-refractivity contribution < 1.29 is 17.9 Å². The van der Waals surface area contributed by atoms with Crippen molar-refractivity contribution in [3.63, 3.8) is 0 Å². The summed E-state index contributed by atoms with van der Waals surface area (Å²) in [5, 5.41) is 3.06. The third-order valence-corrected chi connectivity index (χ3v) is 7.25. The zero-order valence-electron chi connectivity index (χ0n) is 15.0. The lowest BCUT2D eigenvalue weighted by Gasteiger charge is -2.24. The van der Waals surface area contributed by atoms with E-state index in [1.165, 1.54) is 18.4 Å². The summed E-state index contributed by atoms with van der Waals surface area (Å²) >= 11 is 0. The van der Waals surface area contributed by atoms with E-state index in [0.717, 1.165) is 24.0 Å². The molecule has 7 heteroatoms. The Balaban J connectivity index is 1.69. The van der Waals surface area contributed by atoms with E-state index >= 15 is 0 Å². The molecule has 1 heterocycles. The summed E-state index contributed by atoms with van der Waals surface area (Å²) in [5.74, 6) is -0.244. The number of benzene rings is 1. The number of carbonyl (C=O) groups is 1. The van der Waals surface area contributed by atoms with Crippen molar-refractivity contribution in [3.05, 3.63) is 35.4 Å². The fraction of sp³-hybridized carbons (Fsp3) is 0.611. The molecular weight excluding hydrogens is 340 g/mol. The van der Waals surface area contributed by atoms with Crippen molar-refractivity contribution in [2.75, 3.05) is 33.1 Å². The van der Waals surface area contributed by atoms with Gasteiger partial charge in [-0.05, 0) is 25.3 Å². The lowest BCUT2D eigenvalue weighted by atomic mass is 9.93. The van der Waals surface area contributed by atoms with Crippen molar-refractivity contribution in [1.82, 2.24) is 9.62 Å². The van der Waals surface area contributed by atoms with Gasteiger partial charge >= 0.3 is 0 Å². The first-order valence-electron chi connectivity index (χ1n) is 8.61. The van der Waals surface area contributed by atoms with E-state index in [-0.39, 0.29) is 23.6 Å². The van der Waals surface area contributed by atoms with E-state index in [1.807, 2.05) is 31.2 Å². The Morgan fingerprint density at radius 3 is 2.44 bits per heavy atom. The molecule has 0 radical (unpaired) electrons. The van der Waals surface area contributed by atoms with Gasteiger partial charge < -0.3 is 10.1 Å². The first kappa shape index (κ1) is 18.4. The molecule has 6 nitrogen and oxygen atoms in total. The van der Waals surface area contributed by atoms with Gasteiger partial charge in [-0.3, -0.25) is 4.79 Å². The van der Waals surface area contributed by atoms with Gasteiger partial charge in [-0.15, -0.1) is 0 Å². The van der Waals surface area contributed by atoms with Gasteiger partial charge in [0.15, 0.2) is 0 Å². The summed E-state index contributed by atoms with van der Waals surface area (Å²) in [5.41, 5.74) is 1.74. The van der Waals surface area contributed by atoms with E-state index in [4.69, 9.17) is 4.74 Å². The van der Waals surface area contributed by atoms with Gasteiger partial charge in [-0.2, -0.15) is 0 Å². The van der Waals surface area contributed by atoms with Crippen LogP contribution in [0.5, 0.6) is 0 Å². The van der Waals surface area contributed by atoms with Crippen molar-refractivity contribution in [2.45, 2.75) is 31.2 Å². The van der Waals surface area contributed by atoms with Gasteiger partial charge in [-0.1, -0.05) is 29.8 Å². The molecule has 1 aliphatic carbocycles. The minimum absolute atomic E-state index is 0.0114. The van der Waals surface area contributed by atoms with Crippen LogP contribution in [0.3, 0.4) is 0 Å². The first-order valence-corrected chi connectivity index (χ1v) is 10.2. The van der Waals surface area contributed by atoms with Crippen LogP contribution < -0.4 is 5.32 Å². The molecule has 0 unspecified atom stereocenters. The third kappa shape index (κ3) is 3.73. The Labute approximate surface area is 149 Å². The van der Waals surface area contributed by atoms with E-state index in [9.17, 15) is 13.2 Å². The predicted molar refractivity (Wildman–Crippen MR) is 95.8 cm³/mol. The van der Waals surface area contributed by atoms with Crippen LogP contribution in [0.15, 0.2) is 24.3 Å². The Morgan fingerprint density at radius 2 is 1.88 bits per heavy atom. The highest BCUT2D eigenvalue weighted by atomic mass is 32.2. The third-order valence-electron chi connectivity index (χ3n) is 5.28. The zero-order valence-corrected chi connectivity index (χ0v) is 15.8. The molecule has 3 rings (SSSR count). The molecule has 2 aliphatic rings. The monoisotopic (exact) mass is 366 g/mol. The van der Waals surface area contributed by atoms with E-state index < -0.39 is 15.4 Å². The number of rotatable bonds is 6. The van der Waals surface area contributed by atoms with E-state index in [2.05, 4.69) is 5.32 Å². The lowest BCUT2D eigenvalue weighted by Crippen LogP contribution is -2.47. The fourth-order valence-corrected chi connectivity index (χ4v) is 4.46. The Hall–Kier alpha value is -1.44. The number of amides is 1. The number of sulfonamides is 1. The number of ether oxygens (including phenoxy) is 1. The Kier molecular flexibility index (Phi) is 4.92. The molecule has 1 aromatic rings. The molecule has 2 fully saturated rings. The SMILES string of the molecule is Cc1ccc(C2(C(=O)N[C@@H]3COC[C@H]3CS(=O)(=O)N(C)C)CC2)cc1. The first-order chi connectivity index (χ1) is 11.7. The highest BCUT2D eigenvalue weighted by molar-refractivity contribution is 7.89. The maximum atomic E-state index is 12.9. The topological polar surface area (TPSA) is 75.7 Å². The molecule has 25 heavy (non-hydrogen) atoms. The van der Waals surface area contributed by atoms with Crippen LogP contribution in [0.1, 0.15) is 24.0 Å². The van der Waals surface area contributed by atoms with Gasteiger partial charge in [-0.25, -0.2) is 12.7 Å². The second kappa shape index (κ2) is 6.70. The summed E-state index contributed by atoms with van der Waals surface area (Å²) in [4.78, 5) is 12.9. The van der Waals surface area contributed by atoms with Crippen molar-refractivity contribution in [2.24, 2.45) is 5.92 Å². The second-order valence-electron chi connectivity index (χ2n) is 7.39. The number of nitrogens with one attached hydrogen (secondary N) is 1. The van der Waals surface area contributed by atoms with Gasteiger partial charge in [0.2, 0.25) is 15.9 Å². The number of hydrogen-bond acceptors (Lipinski definition) is 4. The molecule has 1 N–H and O–H groups in total. The van der Waals surface area contributed by atoms with E-state index in [0.29, 0.717) is 13.2 Å². The second-order valence-corrected chi connectivity index (χ2v) is 9.61. The average Bonchev–Trinajstić information content (AvgIpc) is 3.26. The Bertz CT molecular complexity index is 739. The molecular formula is C18H26N2O4S. The largest absolute Gasteiger partial charge is 0.379 e. The number of hydrogen-bond donors (Lipinski definition) is 1. The van der Waals surface area contributed by atoms with Gasteiger partial charge in [0, 0.05) is 20.0 Å². The molecule has 2 atom stereocenters. The van der Waals surface area contributed by atoms with E-state index in [1.54, 1.807) is 0 Å². The van der Waals surface area contributed by atoms with Crippen molar-refractivity contribution in [3.8, 4) is 0 Å². The van der Waals surface area contributed by atoms with Gasteiger partial charge in [0.25, 0.3) is 0 Å². The fourth-order valence-electron chi connectivity index (χ4n) is 3.29. The zero-order chi connectivity index (χ0) is 18.2. The standard InChI is InChI=1S/C18H26N2O4S/c1-13-4-6-15(7-5-13)18(8-9-18)17(21)19-16-11-24-10-14(16)12-25(22,23)20(2)3/h4-7,14,16H,8-12H2,1-3H3,(H,19,21)/t14-,16+/m0/s1. The van der Waals surface area contributed by atoms with Crippen LogP contribution in [-0.4, -0.2) is 57.7 Å². The summed E-state index contributed by atoms with van der Waals surface area (Å²) in [6, 6.07) is 7.81.